The van der Waals surface area contributed by atoms with E-state index < -0.39 is 11.6 Å². The smallest absolute Gasteiger partial charge is 0.226 e. The molecule has 0 unspecified atom stereocenters. The molecule has 0 aliphatic heterocycles. The Morgan fingerprint density at radius 1 is 0.968 bits per heavy atom. The Kier molecular flexibility index (Phi) is 6.84. The number of Topliss-reactive ketones (excluding diaryl/α,β-unsaturated/α-hetero) is 1. The summed E-state index contributed by atoms with van der Waals surface area (Å²) in [5.41, 5.74) is 2.30. The summed E-state index contributed by atoms with van der Waals surface area (Å²) in [6.07, 6.45) is 4.14. The zero-order chi connectivity index (χ0) is 22.5. The predicted octanol–water partition coefficient (Wildman–Crippen LogP) is 4.92. The number of nitrogens with zero attached hydrogens (tertiary/aromatic N) is 3. The molecule has 1 amide bonds. The van der Waals surface area contributed by atoms with Crippen molar-refractivity contribution in [2.24, 2.45) is 0 Å². The number of rotatable bonds is 7. The van der Waals surface area contributed by atoms with Gasteiger partial charge in [-0.25, -0.2) is 8.78 Å². The van der Waals surface area contributed by atoms with Gasteiger partial charge in [-0.15, -0.1) is 0 Å². The van der Waals surface area contributed by atoms with Crippen molar-refractivity contribution in [3.63, 3.8) is 0 Å². The number of benzene rings is 1. The Labute approximate surface area is 179 Å². The Morgan fingerprint density at radius 2 is 1.74 bits per heavy atom. The van der Waals surface area contributed by atoms with Gasteiger partial charge in [-0.2, -0.15) is 0 Å². The van der Waals surface area contributed by atoms with Gasteiger partial charge in [0, 0.05) is 49.1 Å². The second-order valence-corrected chi connectivity index (χ2v) is 7.23. The van der Waals surface area contributed by atoms with Crippen LogP contribution < -0.4 is 4.90 Å². The number of pyridine rings is 2. The fraction of sp³-hybridized carbons (Fsp3) is 0.250. The lowest BCUT2D eigenvalue weighted by molar-refractivity contribution is -0.118. The monoisotopic (exact) mass is 423 g/mol. The highest BCUT2D eigenvalue weighted by molar-refractivity contribution is 5.96. The third-order valence-corrected chi connectivity index (χ3v) is 5.07. The highest BCUT2D eigenvalue weighted by Gasteiger charge is 2.20. The van der Waals surface area contributed by atoms with Crippen molar-refractivity contribution in [2.45, 2.75) is 33.1 Å². The average Bonchev–Trinajstić information content (AvgIpc) is 2.79. The van der Waals surface area contributed by atoms with Crippen molar-refractivity contribution in [2.75, 3.05) is 11.9 Å². The van der Waals surface area contributed by atoms with E-state index in [1.165, 1.54) is 31.4 Å². The van der Waals surface area contributed by atoms with Crippen molar-refractivity contribution in [3.05, 3.63) is 77.2 Å². The maximum atomic E-state index is 14.6. The third-order valence-electron chi connectivity index (χ3n) is 5.07. The molecule has 0 atom stereocenters. The van der Waals surface area contributed by atoms with Crippen molar-refractivity contribution >= 4 is 17.4 Å². The molecule has 7 heteroatoms. The number of hydrogen-bond acceptors (Lipinski definition) is 4. The Morgan fingerprint density at radius 3 is 2.35 bits per heavy atom. The molecule has 1 aromatic carbocycles. The van der Waals surface area contributed by atoms with Crippen LogP contribution >= 0.6 is 0 Å². The summed E-state index contributed by atoms with van der Waals surface area (Å²) in [7, 11) is 1.40. The highest BCUT2D eigenvalue weighted by Crippen LogP contribution is 2.29. The fourth-order valence-electron chi connectivity index (χ4n) is 3.13. The number of anilines is 1. The van der Waals surface area contributed by atoms with E-state index in [9.17, 15) is 18.4 Å². The van der Waals surface area contributed by atoms with Crippen molar-refractivity contribution < 1.29 is 18.4 Å². The normalized spacial score (nSPS) is 10.7. The molecule has 0 bridgehead atoms. The van der Waals surface area contributed by atoms with Crippen molar-refractivity contribution in [3.8, 4) is 11.3 Å². The molecule has 0 aliphatic rings. The summed E-state index contributed by atoms with van der Waals surface area (Å²) in [6, 6.07) is 9.59. The summed E-state index contributed by atoms with van der Waals surface area (Å²) in [6.45, 7) is 3.54. The van der Waals surface area contributed by atoms with E-state index in [1.807, 2.05) is 19.1 Å². The molecule has 5 nitrogen and oxygen atoms in total. The topological polar surface area (TPSA) is 63.2 Å². The fourth-order valence-corrected chi connectivity index (χ4v) is 3.13. The van der Waals surface area contributed by atoms with Gasteiger partial charge in [0.15, 0.2) is 17.4 Å². The number of ketones is 1. The lowest BCUT2D eigenvalue weighted by Gasteiger charge is -2.18. The van der Waals surface area contributed by atoms with Crippen LogP contribution in [0.15, 0.2) is 48.8 Å². The second-order valence-electron chi connectivity index (χ2n) is 7.23. The summed E-state index contributed by atoms with van der Waals surface area (Å²) in [5, 5.41) is 0. The molecule has 160 valence electrons. The van der Waals surface area contributed by atoms with Crippen LogP contribution in [0.5, 0.6) is 0 Å². The van der Waals surface area contributed by atoms with Crippen LogP contribution in [0.1, 0.15) is 41.4 Å². The van der Waals surface area contributed by atoms with E-state index >= 15 is 0 Å². The SMILES string of the molecule is CCC(=O)N(C)c1ccc(-c2ccc(C(=O)CCc3ccc(C)nc3)cn2)c(F)c1F. The summed E-state index contributed by atoms with van der Waals surface area (Å²) in [4.78, 5) is 33.7. The second kappa shape index (κ2) is 9.55. The Balaban J connectivity index is 1.74. The maximum Gasteiger partial charge on any atom is 0.226 e. The summed E-state index contributed by atoms with van der Waals surface area (Å²) in [5.74, 6) is -2.63. The number of hydrogen-bond donors (Lipinski definition) is 0. The first-order chi connectivity index (χ1) is 14.8. The minimum Gasteiger partial charge on any atom is -0.313 e. The maximum absolute atomic E-state index is 14.6. The van der Waals surface area contributed by atoms with Crippen LogP contribution in [0.25, 0.3) is 11.3 Å². The van der Waals surface area contributed by atoms with Crippen LogP contribution in [0.3, 0.4) is 0 Å². The van der Waals surface area contributed by atoms with E-state index in [0.717, 1.165) is 16.2 Å². The lowest BCUT2D eigenvalue weighted by Crippen LogP contribution is -2.26. The van der Waals surface area contributed by atoms with Gasteiger partial charge in [0.2, 0.25) is 5.91 Å². The predicted molar refractivity (Wildman–Crippen MR) is 115 cm³/mol. The highest BCUT2D eigenvalue weighted by atomic mass is 19.2. The number of carbonyl (C=O) groups is 2. The minimum atomic E-state index is -1.12. The first-order valence-corrected chi connectivity index (χ1v) is 9.97. The van der Waals surface area contributed by atoms with Gasteiger partial charge in [0.25, 0.3) is 0 Å². The van der Waals surface area contributed by atoms with Gasteiger partial charge >= 0.3 is 0 Å². The molecule has 0 fully saturated rings. The minimum absolute atomic E-state index is 0.0386. The molecule has 3 rings (SSSR count). The van der Waals surface area contributed by atoms with Gasteiger partial charge in [0.05, 0.1) is 11.4 Å². The molecule has 0 spiro atoms. The zero-order valence-electron chi connectivity index (χ0n) is 17.7. The molecule has 2 heterocycles. The lowest BCUT2D eigenvalue weighted by atomic mass is 10.0. The van der Waals surface area contributed by atoms with E-state index in [1.54, 1.807) is 19.2 Å². The third kappa shape index (κ3) is 4.99. The van der Waals surface area contributed by atoms with Gasteiger partial charge in [-0.05, 0) is 49.2 Å². The van der Waals surface area contributed by atoms with Gasteiger partial charge in [0.1, 0.15) is 0 Å². The van der Waals surface area contributed by atoms with Crippen LogP contribution in [0, 0.1) is 18.6 Å². The summed E-state index contributed by atoms with van der Waals surface area (Å²) >= 11 is 0. The molecule has 0 saturated heterocycles. The first kappa shape index (κ1) is 22.2. The van der Waals surface area contributed by atoms with Crippen LogP contribution in [0.4, 0.5) is 14.5 Å². The number of carbonyl (C=O) groups excluding carboxylic acids is 2. The van der Waals surface area contributed by atoms with Gasteiger partial charge < -0.3 is 4.90 Å². The molecular weight excluding hydrogens is 400 g/mol. The Bertz CT molecular complexity index is 1100. The van der Waals surface area contributed by atoms with E-state index in [4.69, 9.17) is 0 Å². The number of aromatic nitrogens is 2. The molecular formula is C24H23F2N3O2. The van der Waals surface area contributed by atoms with Crippen LogP contribution in [-0.2, 0) is 11.2 Å². The van der Waals surface area contributed by atoms with Gasteiger partial charge in [-0.3, -0.25) is 19.6 Å². The van der Waals surface area contributed by atoms with Crippen LogP contribution in [-0.4, -0.2) is 28.7 Å². The van der Waals surface area contributed by atoms with Crippen molar-refractivity contribution in [1.29, 1.82) is 0 Å². The number of aryl methyl sites for hydroxylation is 2. The standard InChI is InChI=1S/C24H23F2N3O2/c1-4-22(31)29(3)20-11-9-18(23(25)24(20)26)19-10-8-17(14-28-19)21(30)12-7-16-6-5-15(2)27-13-16/h5-6,8-11,13-14H,4,7,12H2,1-3H3. The molecule has 0 radical (unpaired) electrons. The quantitative estimate of drug-likeness (QED) is 0.506. The number of halogens is 2. The molecule has 2 aromatic heterocycles. The van der Waals surface area contributed by atoms with Gasteiger partial charge in [-0.1, -0.05) is 13.0 Å². The molecule has 3 aromatic rings. The first-order valence-electron chi connectivity index (χ1n) is 9.97. The van der Waals surface area contributed by atoms with E-state index in [2.05, 4.69) is 9.97 Å². The Hall–Kier alpha value is -3.48. The zero-order valence-corrected chi connectivity index (χ0v) is 17.7. The molecule has 0 saturated carbocycles. The van der Waals surface area contributed by atoms with Crippen LogP contribution in [0.2, 0.25) is 0 Å². The summed E-state index contributed by atoms with van der Waals surface area (Å²) < 4.78 is 29.2. The largest absolute Gasteiger partial charge is 0.313 e. The molecule has 0 N–H and O–H groups in total. The van der Waals surface area contributed by atoms with Crippen molar-refractivity contribution in [1.82, 2.24) is 9.97 Å². The number of amides is 1. The van der Waals surface area contributed by atoms with E-state index in [-0.39, 0.29) is 35.1 Å². The molecule has 31 heavy (non-hydrogen) atoms. The molecule has 0 aliphatic carbocycles. The average molecular weight is 423 g/mol. The van der Waals surface area contributed by atoms with E-state index in [0.29, 0.717) is 18.4 Å².